The topological polar surface area (TPSA) is 77.4 Å². The van der Waals surface area contributed by atoms with E-state index in [1.54, 1.807) is 24.3 Å². The second kappa shape index (κ2) is 15.3. The molecule has 1 N–H and O–H groups in total. The van der Waals surface area contributed by atoms with Crippen molar-refractivity contribution >= 4 is 39.3 Å². The number of aromatic nitrogens is 1. The molecule has 1 saturated heterocycles. The number of esters is 1. The van der Waals surface area contributed by atoms with Crippen molar-refractivity contribution in [2.45, 2.75) is 91.0 Å². The molecular weight excluding hydrogens is 548 g/mol. The summed E-state index contributed by atoms with van der Waals surface area (Å²) in [5, 5.41) is 5.37. The molecule has 0 atom stereocenters. The van der Waals surface area contributed by atoms with Gasteiger partial charge in [-0.1, -0.05) is 52.4 Å². The van der Waals surface area contributed by atoms with Crippen LogP contribution in [0.1, 0.15) is 111 Å². The average Bonchev–Trinajstić information content (AvgIpc) is 3.32. The Hall–Kier alpha value is -3.77. The van der Waals surface area contributed by atoms with Gasteiger partial charge in [0, 0.05) is 57.9 Å². The van der Waals surface area contributed by atoms with Gasteiger partial charge >= 0.3 is 5.97 Å². The number of Topliss-reactive ketones (excluding diaryl/α,β-unsaturated/α-hetero) is 1. The molecule has 1 aliphatic rings. The Morgan fingerprint density at radius 3 is 1.93 bits per heavy atom. The van der Waals surface area contributed by atoms with Crippen molar-refractivity contribution in [3.63, 3.8) is 0 Å². The third-order valence-corrected chi connectivity index (χ3v) is 8.92. The monoisotopic (exact) mass is 594 g/mol. The lowest BCUT2D eigenvalue weighted by Gasteiger charge is -2.27. The first-order valence-electron chi connectivity index (χ1n) is 16.6. The Morgan fingerprint density at radius 2 is 1.32 bits per heavy atom. The van der Waals surface area contributed by atoms with Crippen molar-refractivity contribution in [2.24, 2.45) is 5.92 Å². The van der Waals surface area contributed by atoms with Crippen LogP contribution >= 0.6 is 0 Å². The molecule has 0 aliphatic carbocycles. The fraction of sp³-hybridized carbons (Fsp3) is 0.447. The molecule has 0 spiro atoms. The minimum atomic E-state index is -0.241. The molecule has 232 valence electrons. The summed E-state index contributed by atoms with van der Waals surface area (Å²) in [5.41, 5.74) is 4.05. The molecule has 3 aromatic carbocycles. The first-order chi connectivity index (χ1) is 21.5. The first kappa shape index (κ1) is 31.6. The van der Waals surface area contributed by atoms with Crippen LogP contribution in [0.25, 0.3) is 21.8 Å². The van der Waals surface area contributed by atoms with E-state index in [2.05, 4.69) is 29.8 Å². The Labute approximate surface area is 261 Å². The van der Waals surface area contributed by atoms with Gasteiger partial charge in [-0.15, -0.1) is 0 Å². The maximum atomic E-state index is 13.6. The molecule has 6 heteroatoms. The van der Waals surface area contributed by atoms with Crippen LogP contribution in [-0.2, 0) is 11.3 Å². The van der Waals surface area contributed by atoms with Gasteiger partial charge in [0.2, 0.25) is 0 Å². The van der Waals surface area contributed by atoms with E-state index >= 15 is 0 Å². The van der Waals surface area contributed by atoms with Crippen LogP contribution in [-0.4, -0.2) is 35.2 Å². The van der Waals surface area contributed by atoms with Crippen molar-refractivity contribution in [2.75, 3.05) is 13.1 Å². The van der Waals surface area contributed by atoms with E-state index in [4.69, 9.17) is 4.74 Å². The second-order valence-electron chi connectivity index (χ2n) is 12.3. The highest BCUT2D eigenvalue weighted by atomic mass is 16.5. The summed E-state index contributed by atoms with van der Waals surface area (Å²) in [6, 6.07) is 18.8. The summed E-state index contributed by atoms with van der Waals surface area (Å²) in [5.74, 6) is 0.978. The third-order valence-electron chi connectivity index (χ3n) is 8.92. The van der Waals surface area contributed by atoms with Crippen molar-refractivity contribution in [1.29, 1.82) is 0 Å². The molecular formula is C38H46N2O4. The highest BCUT2D eigenvalue weighted by Gasteiger charge is 2.20. The van der Waals surface area contributed by atoms with E-state index in [1.807, 2.05) is 30.3 Å². The van der Waals surface area contributed by atoms with Crippen LogP contribution in [0.2, 0.25) is 0 Å². The number of carbonyl (C=O) groups is 3. The van der Waals surface area contributed by atoms with Crippen LogP contribution < -0.4 is 10.1 Å². The smallest absolute Gasteiger partial charge is 0.311 e. The Bertz CT molecular complexity index is 1600. The van der Waals surface area contributed by atoms with Gasteiger partial charge in [0.1, 0.15) is 5.75 Å². The number of nitrogens with zero attached hydrogens (tertiary/aromatic N) is 1. The molecule has 0 saturated carbocycles. The first-order valence-corrected chi connectivity index (χ1v) is 16.6. The van der Waals surface area contributed by atoms with Gasteiger partial charge < -0.3 is 14.6 Å². The molecule has 1 fully saturated rings. The van der Waals surface area contributed by atoms with Crippen LogP contribution in [0, 0.1) is 5.92 Å². The highest BCUT2D eigenvalue weighted by molar-refractivity contribution is 6.15. The zero-order chi connectivity index (χ0) is 30.9. The van der Waals surface area contributed by atoms with E-state index in [0.717, 1.165) is 105 Å². The molecule has 6 nitrogen and oxygen atoms in total. The fourth-order valence-corrected chi connectivity index (χ4v) is 6.10. The summed E-state index contributed by atoms with van der Waals surface area (Å²) in [6.07, 6.45) is 10.4. The van der Waals surface area contributed by atoms with Gasteiger partial charge in [-0.05, 0) is 98.9 Å². The van der Waals surface area contributed by atoms with E-state index in [0.29, 0.717) is 35.6 Å². The summed E-state index contributed by atoms with van der Waals surface area (Å²) < 4.78 is 7.82. The number of aryl methyl sites for hydroxylation is 1. The summed E-state index contributed by atoms with van der Waals surface area (Å²) >= 11 is 0. The molecule has 0 unspecified atom stereocenters. The number of hydrogen-bond acceptors (Lipinski definition) is 5. The molecule has 0 bridgehead atoms. The number of benzene rings is 3. The number of unbranched alkanes of at least 4 members (excludes halogenated alkanes) is 6. The number of rotatable bonds is 17. The standard InChI is InChI=1S/C38H46N2O4/c1-3-5-7-9-11-36(41)29-15-19-34-32(23-29)33-24-30(16-20-35(33)40(34)22-21-27-25-39-26-27)38(43)28-13-17-31(18-14-28)44-37(42)12-10-8-6-4-2/h13-20,23-24,27,39H,3-12,21-22,25-26H2,1-2H3. The largest absolute Gasteiger partial charge is 0.427 e. The van der Waals surface area contributed by atoms with Gasteiger partial charge in [0.15, 0.2) is 11.6 Å². The summed E-state index contributed by atoms with van der Waals surface area (Å²) in [6.45, 7) is 7.33. The maximum Gasteiger partial charge on any atom is 0.311 e. The molecule has 44 heavy (non-hydrogen) atoms. The number of ketones is 2. The molecule has 4 aromatic rings. The van der Waals surface area contributed by atoms with Gasteiger partial charge in [0.05, 0.1) is 0 Å². The van der Waals surface area contributed by atoms with Crippen molar-refractivity contribution in [3.8, 4) is 5.75 Å². The lowest BCUT2D eigenvalue weighted by Crippen LogP contribution is -2.42. The lowest BCUT2D eigenvalue weighted by atomic mass is 9.99. The van der Waals surface area contributed by atoms with Gasteiger partial charge in [-0.3, -0.25) is 14.4 Å². The molecule has 1 aliphatic heterocycles. The fourth-order valence-electron chi connectivity index (χ4n) is 6.10. The maximum absolute atomic E-state index is 13.6. The minimum absolute atomic E-state index is 0.0889. The summed E-state index contributed by atoms with van der Waals surface area (Å²) in [4.78, 5) is 38.9. The predicted octanol–water partition coefficient (Wildman–Crippen LogP) is 8.66. The van der Waals surface area contributed by atoms with Crippen LogP contribution in [0.5, 0.6) is 5.75 Å². The quantitative estimate of drug-likeness (QED) is 0.0573. The predicted molar refractivity (Wildman–Crippen MR) is 178 cm³/mol. The number of carbonyl (C=O) groups excluding carboxylic acids is 3. The van der Waals surface area contributed by atoms with Crippen molar-refractivity contribution < 1.29 is 19.1 Å². The normalized spacial score (nSPS) is 13.3. The number of hydrogen-bond donors (Lipinski definition) is 1. The summed E-state index contributed by atoms with van der Waals surface area (Å²) in [7, 11) is 0. The Kier molecular flexibility index (Phi) is 11.0. The molecule has 5 rings (SSSR count). The number of ether oxygens (including phenoxy) is 1. The third kappa shape index (κ3) is 7.65. The molecule has 1 aromatic heterocycles. The van der Waals surface area contributed by atoms with Crippen LogP contribution in [0.15, 0.2) is 60.7 Å². The Morgan fingerprint density at radius 1 is 0.727 bits per heavy atom. The lowest BCUT2D eigenvalue weighted by molar-refractivity contribution is -0.134. The van der Waals surface area contributed by atoms with Crippen LogP contribution in [0.3, 0.4) is 0 Å². The van der Waals surface area contributed by atoms with E-state index in [-0.39, 0.29) is 17.5 Å². The molecule has 0 amide bonds. The van der Waals surface area contributed by atoms with Crippen molar-refractivity contribution in [1.82, 2.24) is 9.88 Å². The zero-order valence-corrected chi connectivity index (χ0v) is 26.3. The average molecular weight is 595 g/mol. The van der Waals surface area contributed by atoms with Gasteiger partial charge in [0.25, 0.3) is 0 Å². The van der Waals surface area contributed by atoms with Gasteiger partial charge in [-0.25, -0.2) is 0 Å². The van der Waals surface area contributed by atoms with Crippen molar-refractivity contribution in [3.05, 3.63) is 77.4 Å². The molecule has 0 radical (unpaired) electrons. The number of fused-ring (bicyclic) bond motifs is 3. The molecule has 2 heterocycles. The highest BCUT2D eigenvalue weighted by Crippen LogP contribution is 2.33. The van der Waals surface area contributed by atoms with E-state index < -0.39 is 0 Å². The number of nitrogens with one attached hydrogen (secondary N) is 1. The minimum Gasteiger partial charge on any atom is -0.427 e. The Balaban J connectivity index is 1.38. The van der Waals surface area contributed by atoms with E-state index in [9.17, 15) is 14.4 Å². The van der Waals surface area contributed by atoms with Crippen LogP contribution in [0.4, 0.5) is 0 Å². The zero-order valence-electron chi connectivity index (χ0n) is 26.3. The second-order valence-corrected chi connectivity index (χ2v) is 12.3. The SMILES string of the molecule is CCCCCCC(=O)Oc1ccc(C(=O)c2ccc3c(c2)c2cc(C(=O)CCCCCC)ccc2n3CCC2CNC2)cc1. The van der Waals surface area contributed by atoms with E-state index in [1.165, 1.54) is 0 Å². The van der Waals surface area contributed by atoms with Gasteiger partial charge in [-0.2, -0.15) is 0 Å².